The fourth-order valence-corrected chi connectivity index (χ4v) is 2.22. The van der Waals surface area contributed by atoms with Crippen molar-refractivity contribution < 1.29 is 4.74 Å². The molecule has 0 saturated carbocycles. The van der Waals surface area contributed by atoms with Gasteiger partial charge in [0, 0.05) is 39.9 Å². The maximum absolute atomic E-state index is 5.20. The second-order valence-electron chi connectivity index (χ2n) is 4.40. The largest absolute Gasteiger partial charge is 0.384 e. The van der Waals surface area contributed by atoms with Crippen molar-refractivity contribution in [1.82, 2.24) is 9.97 Å². The van der Waals surface area contributed by atoms with Crippen molar-refractivity contribution in [3.05, 3.63) is 12.4 Å². The molecular weight excluding hydrogens is 216 g/mol. The molecule has 0 spiro atoms. The Balaban J connectivity index is 1.95. The number of rotatable bonds is 4. The smallest absolute Gasteiger partial charge is 0.134 e. The van der Waals surface area contributed by atoms with Gasteiger partial charge < -0.3 is 15.0 Å². The summed E-state index contributed by atoms with van der Waals surface area (Å²) in [5, 5.41) is 3.04. The van der Waals surface area contributed by atoms with Crippen LogP contribution in [0.4, 0.5) is 11.6 Å². The normalized spacial score (nSPS) is 17.2. The third kappa shape index (κ3) is 3.06. The first-order valence-corrected chi connectivity index (χ1v) is 6.07. The molecule has 0 amide bonds. The van der Waals surface area contributed by atoms with Gasteiger partial charge >= 0.3 is 0 Å². The number of nitrogens with zero attached hydrogens (tertiary/aromatic N) is 3. The van der Waals surface area contributed by atoms with E-state index in [1.54, 1.807) is 13.4 Å². The van der Waals surface area contributed by atoms with Crippen LogP contribution in [0.3, 0.4) is 0 Å². The highest BCUT2D eigenvalue weighted by atomic mass is 16.5. The number of methoxy groups -OCH3 is 1. The molecule has 2 rings (SSSR count). The van der Waals surface area contributed by atoms with E-state index in [-0.39, 0.29) is 0 Å². The zero-order valence-electron chi connectivity index (χ0n) is 10.5. The van der Waals surface area contributed by atoms with Gasteiger partial charge in [0.25, 0.3) is 0 Å². The SMILES string of the molecule is CNc1cc(N2CCC(COC)CC2)ncn1. The fourth-order valence-electron chi connectivity index (χ4n) is 2.22. The molecule has 2 heterocycles. The number of ether oxygens (including phenoxy) is 1. The van der Waals surface area contributed by atoms with Gasteiger partial charge in [-0.25, -0.2) is 9.97 Å². The third-order valence-corrected chi connectivity index (χ3v) is 3.25. The summed E-state index contributed by atoms with van der Waals surface area (Å²) in [6.45, 7) is 2.97. The van der Waals surface area contributed by atoms with E-state index in [1.165, 1.54) is 12.8 Å². The van der Waals surface area contributed by atoms with Gasteiger partial charge in [-0.05, 0) is 18.8 Å². The Morgan fingerprint density at radius 1 is 1.41 bits per heavy atom. The van der Waals surface area contributed by atoms with Crippen molar-refractivity contribution in [2.45, 2.75) is 12.8 Å². The molecule has 0 unspecified atom stereocenters. The van der Waals surface area contributed by atoms with Crippen molar-refractivity contribution in [1.29, 1.82) is 0 Å². The highest BCUT2D eigenvalue weighted by Crippen LogP contribution is 2.22. The van der Waals surface area contributed by atoms with Crippen LogP contribution in [0.1, 0.15) is 12.8 Å². The van der Waals surface area contributed by atoms with Gasteiger partial charge in [-0.3, -0.25) is 0 Å². The lowest BCUT2D eigenvalue weighted by atomic mass is 9.98. The summed E-state index contributed by atoms with van der Waals surface area (Å²) in [5.74, 6) is 2.58. The molecule has 0 atom stereocenters. The molecule has 0 aliphatic carbocycles. The van der Waals surface area contributed by atoms with Gasteiger partial charge in [0.05, 0.1) is 0 Å². The highest BCUT2D eigenvalue weighted by Gasteiger charge is 2.20. The number of nitrogens with one attached hydrogen (secondary N) is 1. The van der Waals surface area contributed by atoms with Crippen LogP contribution in [-0.4, -0.2) is 43.8 Å². The summed E-state index contributed by atoms with van der Waals surface area (Å²) in [6, 6.07) is 2.00. The van der Waals surface area contributed by atoms with E-state index < -0.39 is 0 Å². The Kier molecular flexibility index (Phi) is 4.14. The summed E-state index contributed by atoms with van der Waals surface area (Å²) >= 11 is 0. The summed E-state index contributed by atoms with van der Waals surface area (Å²) in [6.07, 6.45) is 3.96. The van der Waals surface area contributed by atoms with Crippen LogP contribution in [-0.2, 0) is 4.74 Å². The average molecular weight is 236 g/mol. The van der Waals surface area contributed by atoms with Crippen molar-refractivity contribution in [3.8, 4) is 0 Å². The number of anilines is 2. The predicted octanol–water partition coefficient (Wildman–Crippen LogP) is 1.38. The Bertz CT molecular complexity index is 350. The first kappa shape index (κ1) is 12.1. The molecule has 5 heteroatoms. The highest BCUT2D eigenvalue weighted by molar-refractivity contribution is 5.48. The molecule has 0 bridgehead atoms. The quantitative estimate of drug-likeness (QED) is 0.856. The zero-order chi connectivity index (χ0) is 12.1. The van der Waals surface area contributed by atoms with Gasteiger partial charge in [-0.15, -0.1) is 0 Å². The molecule has 0 aromatic carbocycles. The van der Waals surface area contributed by atoms with Gasteiger partial charge in [0.1, 0.15) is 18.0 Å². The molecule has 94 valence electrons. The van der Waals surface area contributed by atoms with E-state index in [0.717, 1.165) is 31.3 Å². The lowest BCUT2D eigenvalue weighted by Gasteiger charge is -2.32. The molecule has 0 radical (unpaired) electrons. The average Bonchev–Trinajstić information content (AvgIpc) is 2.40. The Morgan fingerprint density at radius 2 is 2.18 bits per heavy atom. The lowest BCUT2D eigenvalue weighted by Crippen LogP contribution is -2.35. The standard InChI is InChI=1S/C12H20N4O/c1-13-11-7-12(15-9-14-11)16-5-3-10(4-6-16)8-17-2/h7,9-10H,3-6,8H2,1-2H3,(H,13,14,15). The van der Waals surface area contributed by atoms with Gasteiger partial charge in [-0.2, -0.15) is 0 Å². The van der Waals surface area contributed by atoms with E-state index in [0.29, 0.717) is 5.92 Å². The first-order valence-electron chi connectivity index (χ1n) is 6.07. The molecule has 1 aliphatic heterocycles. The summed E-state index contributed by atoms with van der Waals surface area (Å²) in [4.78, 5) is 10.8. The summed E-state index contributed by atoms with van der Waals surface area (Å²) in [5.41, 5.74) is 0. The number of aromatic nitrogens is 2. The van der Waals surface area contributed by atoms with Crippen molar-refractivity contribution in [3.63, 3.8) is 0 Å². The molecule has 1 N–H and O–H groups in total. The van der Waals surface area contributed by atoms with Crippen LogP contribution in [0.25, 0.3) is 0 Å². The van der Waals surface area contributed by atoms with Crippen molar-refractivity contribution in [2.75, 3.05) is 44.1 Å². The minimum atomic E-state index is 0.696. The Hall–Kier alpha value is -1.36. The number of hydrogen-bond donors (Lipinski definition) is 1. The lowest BCUT2D eigenvalue weighted by molar-refractivity contribution is 0.139. The second kappa shape index (κ2) is 5.82. The van der Waals surface area contributed by atoms with Crippen LogP contribution in [0.5, 0.6) is 0 Å². The van der Waals surface area contributed by atoms with E-state index in [4.69, 9.17) is 4.74 Å². The Labute approximate surface area is 102 Å². The predicted molar refractivity (Wildman–Crippen MR) is 68.4 cm³/mol. The van der Waals surface area contributed by atoms with E-state index >= 15 is 0 Å². The molecule has 1 saturated heterocycles. The molecule has 1 aliphatic rings. The van der Waals surface area contributed by atoms with Crippen LogP contribution >= 0.6 is 0 Å². The minimum Gasteiger partial charge on any atom is -0.384 e. The van der Waals surface area contributed by atoms with E-state index in [1.807, 2.05) is 13.1 Å². The minimum absolute atomic E-state index is 0.696. The summed E-state index contributed by atoms with van der Waals surface area (Å²) in [7, 11) is 3.65. The van der Waals surface area contributed by atoms with E-state index in [2.05, 4.69) is 20.2 Å². The zero-order valence-corrected chi connectivity index (χ0v) is 10.5. The van der Waals surface area contributed by atoms with E-state index in [9.17, 15) is 0 Å². The third-order valence-electron chi connectivity index (χ3n) is 3.25. The molecule has 5 nitrogen and oxygen atoms in total. The molecule has 17 heavy (non-hydrogen) atoms. The maximum Gasteiger partial charge on any atom is 0.134 e. The van der Waals surface area contributed by atoms with Gasteiger partial charge in [0.15, 0.2) is 0 Å². The monoisotopic (exact) mass is 236 g/mol. The number of piperidine rings is 1. The van der Waals surface area contributed by atoms with Gasteiger partial charge in [0.2, 0.25) is 0 Å². The molecule has 1 aromatic heterocycles. The van der Waals surface area contributed by atoms with Crippen LogP contribution in [0.2, 0.25) is 0 Å². The molecule has 1 aromatic rings. The van der Waals surface area contributed by atoms with Crippen LogP contribution < -0.4 is 10.2 Å². The first-order chi connectivity index (χ1) is 8.33. The Morgan fingerprint density at radius 3 is 2.82 bits per heavy atom. The van der Waals surface area contributed by atoms with Crippen molar-refractivity contribution >= 4 is 11.6 Å². The van der Waals surface area contributed by atoms with Crippen molar-refractivity contribution in [2.24, 2.45) is 5.92 Å². The summed E-state index contributed by atoms with van der Waals surface area (Å²) < 4.78 is 5.20. The van der Waals surface area contributed by atoms with Gasteiger partial charge in [-0.1, -0.05) is 0 Å². The topological polar surface area (TPSA) is 50.3 Å². The number of hydrogen-bond acceptors (Lipinski definition) is 5. The molecule has 1 fully saturated rings. The van der Waals surface area contributed by atoms with Crippen LogP contribution in [0.15, 0.2) is 12.4 Å². The molecular formula is C12H20N4O. The van der Waals surface area contributed by atoms with Crippen LogP contribution in [0, 0.1) is 5.92 Å². The maximum atomic E-state index is 5.20. The fraction of sp³-hybridized carbons (Fsp3) is 0.667. The second-order valence-corrected chi connectivity index (χ2v) is 4.40.